The van der Waals surface area contributed by atoms with Gasteiger partial charge in [-0.15, -0.1) is 0 Å². The minimum absolute atomic E-state index is 0.145. The molecule has 1 saturated carbocycles. The van der Waals surface area contributed by atoms with Crippen LogP contribution in [0.1, 0.15) is 30.5 Å². The van der Waals surface area contributed by atoms with Gasteiger partial charge < -0.3 is 10.6 Å². The van der Waals surface area contributed by atoms with E-state index in [1.54, 1.807) is 18.2 Å². The van der Waals surface area contributed by atoms with Crippen LogP contribution in [0.15, 0.2) is 31.0 Å². The topological polar surface area (TPSA) is 49.8 Å². The number of nitrogens with one attached hydrogen (secondary N) is 2. The van der Waals surface area contributed by atoms with Crippen LogP contribution in [0.25, 0.3) is 5.70 Å². The second-order valence-electron chi connectivity index (χ2n) is 5.93. The lowest BCUT2D eigenvalue weighted by molar-refractivity contribution is -0.141. The van der Waals surface area contributed by atoms with Crippen molar-refractivity contribution in [1.29, 1.82) is 0 Å². The van der Waals surface area contributed by atoms with Gasteiger partial charge in [0, 0.05) is 23.5 Å². The number of halogens is 5. The summed E-state index contributed by atoms with van der Waals surface area (Å²) in [5.74, 6) is -0.235. The maximum Gasteiger partial charge on any atom is 0.434 e. The van der Waals surface area contributed by atoms with E-state index in [0.29, 0.717) is 5.69 Å². The van der Waals surface area contributed by atoms with E-state index in [0.717, 1.165) is 25.5 Å². The lowest BCUT2D eigenvalue weighted by Gasteiger charge is -2.29. The molecule has 0 saturated heterocycles. The molecule has 0 bridgehead atoms. The molecule has 1 aromatic heterocycles. The highest BCUT2D eigenvalue weighted by molar-refractivity contribution is 6.43. The normalized spacial score (nSPS) is 14.7. The highest BCUT2D eigenvalue weighted by Gasteiger charge is 2.37. The Morgan fingerprint density at radius 2 is 1.96 bits per heavy atom. The third-order valence-corrected chi connectivity index (χ3v) is 4.88. The maximum absolute atomic E-state index is 13.5. The zero-order valence-corrected chi connectivity index (χ0v) is 15.0. The fraction of sp³-hybridized carbons (Fsp3) is 0.294. The Labute approximate surface area is 158 Å². The molecule has 0 spiro atoms. The van der Waals surface area contributed by atoms with Crippen molar-refractivity contribution in [2.45, 2.75) is 31.5 Å². The Kier molecular flexibility index (Phi) is 5.29. The van der Waals surface area contributed by atoms with Crippen LogP contribution >= 0.6 is 23.2 Å². The molecule has 0 aliphatic heterocycles. The summed E-state index contributed by atoms with van der Waals surface area (Å²) in [7, 11) is 0. The molecule has 0 amide bonds. The first-order chi connectivity index (χ1) is 12.3. The van der Waals surface area contributed by atoms with Crippen molar-refractivity contribution in [1.82, 2.24) is 15.3 Å². The van der Waals surface area contributed by atoms with Crippen molar-refractivity contribution in [2.24, 2.45) is 0 Å². The molecule has 2 N–H and O–H groups in total. The molecule has 138 valence electrons. The third kappa shape index (κ3) is 4.04. The van der Waals surface area contributed by atoms with Gasteiger partial charge >= 0.3 is 6.18 Å². The lowest BCUT2D eigenvalue weighted by Crippen LogP contribution is -2.34. The van der Waals surface area contributed by atoms with Crippen molar-refractivity contribution in [2.75, 3.05) is 5.32 Å². The van der Waals surface area contributed by atoms with Crippen LogP contribution in [-0.2, 0) is 6.18 Å². The molecule has 9 heteroatoms. The summed E-state index contributed by atoms with van der Waals surface area (Å²) in [4.78, 5) is 7.60. The fourth-order valence-electron chi connectivity index (χ4n) is 2.48. The average Bonchev–Trinajstić information content (AvgIpc) is 2.54. The third-order valence-electron chi connectivity index (χ3n) is 4.06. The van der Waals surface area contributed by atoms with Crippen molar-refractivity contribution in [3.63, 3.8) is 0 Å². The number of rotatable bonds is 5. The number of benzene rings is 1. The number of hydrogen-bond donors (Lipinski definition) is 2. The number of anilines is 2. The van der Waals surface area contributed by atoms with Crippen molar-refractivity contribution >= 4 is 40.5 Å². The molecule has 0 atom stereocenters. The predicted molar refractivity (Wildman–Crippen MR) is 96.6 cm³/mol. The number of alkyl halides is 3. The molecule has 1 fully saturated rings. The second-order valence-corrected chi connectivity index (χ2v) is 6.72. The molecule has 0 unspecified atom stereocenters. The van der Waals surface area contributed by atoms with Crippen molar-refractivity contribution < 1.29 is 13.2 Å². The van der Waals surface area contributed by atoms with E-state index in [-0.39, 0.29) is 33.3 Å². The molecular weight excluding hydrogens is 388 g/mol. The van der Waals surface area contributed by atoms with E-state index < -0.39 is 11.9 Å². The highest BCUT2D eigenvalue weighted by Crippen LogP contribution is 2.35. The van der Waals surface area contributed by atoms with E-state index in [2.05, 4.69) is 27.2 Å². The molecule has 1 aliphatic rings. The van der Waals surface area contributed by atoms with Gasteiger partial charge in [0.25, 0.3) is 0 Å². The van der Waals surface area contributed by atoms with Crippen LogP contribution in [0.5, 0.6) is 0 Å². The smallest absolute Gasteiger partial charge is 0.382 e. The summed E-state index contributed by atoms with van der Waals surface area (Å²) >= 11 is 11.9. The SMILES string of the molecule is C=C(NC1CCC1)c1cnc(Nc2cccc(Cl)c2Cl)nc1C(F)(F)F. The number of aromatic nitrogens is 2. The first kappa shape index (κ1) is 18.8. The minimum atomic E-state index is -4.66. The molecule has 1 heterocycles. The molecule has 1 aliphatic carbocycles. The Bertz CT molecular complexity index is 835. The predicted octanol–water partition coefficient (Wildman–Crippen LogP) is 5.66. The Morgan fingerprint density at radius 1 is 1.23 bits per heavy atom. The van der Waals surface area contributed by atoms with Crippen LogP contribution in [0.4, 0.5) is 24.8 Å². The summed E-state index contributed by atoms with van der Waals surface area (Å²) in [5, 5.41) is 6.10. The molecule has 3 rings (SSSR count). The van der Waals surface area contributed by atoms with E-state index in [1.807, 2.05) is 0 Å². The van der Waals surface area contributed by atoms with Crippen molar-refractivity contribution in [3.05, 3.63) is 52.3 Å². The Balaban J connectivity index is 1.91. The summed E-state index contributed by atoms with van der Waals surface area (Å²) < 4.78 is 40.4. The van der Waals surface area contributed by atoms with Crippen molar-refractivity contribution in [3.8, 4) is 0 Å². The molecule has 1 aromatic carbocycles. The quantitative estimate of drug-likeness (QED) is 0.677. The van der Waals surface area contributed by atoms with Gasteiger partial charge in [-0.3, -0.25) is 0 Å². The standard InChI is InChI=1S/C17H15Cl2F3N4/c1-9(24-10-4-2-5-10)11-8-23-16(26-15(11)17(20,21)22)25-13-7-3-6-12(18)14(13)19/h3,6-8,10,24H,1-2,4-5H2,(H,23,25,26). The van der Waals surface area contributed by atoms with E-state index in [1.165, 1.54) is 0 Å². The summed E-state index contributed by atoms with van der Waals surface area (Å²) in [6.07, 6.45) is -0.680. The molecule has 2 aromatic rings. The van der Waals surface area contributed by atoms with Gasteiger partial charge in [0.15, 0.2) is 5.69 Å². The zero-order chi connectivity index (χ0) is 18.9. The van der Waals surface area contributed by atoms with Crippen LogP contribution in [0, 0.1) is 0 Å². The zero-order valence-electron chi connectivity index (χ0n) is 13.5. The van der Waals surface area contributed by atoms with Gasteiger partial charge in [0.1, 0.15) is 0 Å². The van der Waals surface area contributed by atoms with Gasteiger partial charge in [-0.2, -0.15) is 13.2 Å². The van der Waals surface area contributed by atoms with Gasteiger partial charge in [0.05, 0.1) is 15.7 Å². The number of hydrogen-bond acceptors (Lipinski definition) is 4. The average molecular weight is 403 g/mol. The molecule has 4 nitrogen and oxygen atoms in total. The number of nitrogens with zero attached hydrogens (tertiary/aromatic N) is 2. The van der Waals surface area contributed by atoms with Crippen LogP contribution in [0.3, 0.4) is 0 Å². The first-order valence-electron chi connectivity index (χ1n) is 7.87. The Hall–Kier alpha value is -1.99. The molecule has 26 heavy (non-hydrogen) atoms. The Morgan fingerprint density at radius 3 is 2.58 bits per heavy atom. The minimum Gasteiger partial charge on any atom is -0.382 e. The highest BCUT2D eigenvalue weighted by atomic mass is 35.5. The van der Waals surface area contributed by atoms with Crippen LogP contribution in [0.2, 0.25) is 10.0 Å². The lowest BCUT2D eigenvalue weighted by atomic mass is 9.92. The molecular formula is C17H15Cl2F3N4. The second kappa shape index (κ2) is 7.32. The van der Waals surface area contributed by atoms with Gasteiger partial charge in [-0.1, -0.05) is 35.8 Å². The van der Waals surface area contributed by atoms with Gasteiger partial charge in [-0.05, 0) is 31.4 Å². The fourth-order valence-corrected chi connectivity index (χ4v) is 2.82. The van der Waals surface area contributed by atoms with Gasteiger partial charge in [-0.25, -0.2) is 9.97 Å². The van der Waals surface area contributed by atoms with E-state index in [9.17, 15) is 13.2 Å². The summed E-state index contributed by atoms with van der Waals surface area (Å²) in [6, 6.07) is 4.89. The van der Waals surface area contributed by atoms with E-state index >= 15 is 0 Å². The van der Waals surface area contributed by atoms with Crippen LogP contribution in [-0.4, -0.2) is 16.0 Å². The maximum atomic E-state index is 13.5. The van der Waals surface area contributed by atoms with Crippen LogP contribution < -0.4 is 10.6 Å². The largest absolute Gasteiger partial charge is 0.434 e. The van der Waals surface area contributed by atoms with E-state index in [4.69, 9.17) is 23.2 Å². The molecule has 0 radical (unpaired) electrons. The monoisotopic (exact) mass is 402 g/mol. The first-order valence-corrected chi connectivity index (χ1v) is 8.62. The summed E-state index contributed by atoms with van der Waals surface area (Å²) in [6.45, 7) is 3.71. The van der Waals surface area contributed by atoms with Gasteiger partial charge in [0.2, 0.25) is 5.95 Å². The summed E-state index contributed by atoms with van der Waals surface area (Å²) in [5.41, 5.74) is -0.766.